The fraction of sp³-hybridized carbons (Fsp3) is 0.143. The molecule has 3 aromatic heterocycles. The molecule has 5 rings (SSSR count). The van der Waals surface area contributed by atoms with Crippen LogP contribution in [-0.2, 0) is 16.6 Å². The van der Waals surface area contributed by atoms with Gasteiger partial charge in [0.2, 0.25) is 5.91 Å². The zero-order valence-electron chi connectivity index (χ0n) is 21.2. The number of ether oxygens (including phenoxy) is 1. The first-order valence-electron chi connectivity index (χ1n) is 11.8. The predicted molar refractivity (Wildman–Crippen MR) is 160 cm³/mol. The number of anilines is 1. The summed E-state index contributed by atoms with van der Waals surface area (Å²) in [6, 6.07) is 17.3. The van der Waals surface area contributed by atoms with Gasteiger partial charge >= 0.3 is 5.97 Å². The van der Waals surface area contributed by atoms with Crippen LogP contribution in [0.5, 0.6) is 0 Å². The summed E-state index contributed by atoms with van der Waals surface area (Å²) in [6.45, 7) is 2.10. The Morgan fingerprint density at radius 1 is 1.00 bits per heavy atom. The smallest absolute Gasteiger partial charge is 0.341 e. The van der Waals surface area contributed by atoms with Crippen molar-refractivity contribution in [2.45, 2.75) is 12.1 Å². The number of thioether (sulfide) groups is 1. The topological polar surface area (TPSA) is 86.1 Å². The number of aromatic nitrogens is 3. The monoisotopic (exact) mass is 594 g/mol. The normalized spacial score (nSPS) is 11.0. The van der Waals surface area contributed by atoms with Gasteiger partial charge in [-0.05, 0) is 30.2 Å². The number of carbonyl (C=O) groups is 2. The Morgan fingerprint density at radius 2 is 1.72 bits per heavy atom. The largest absolute Gasteiger partial charge is 0.465 e. The molecule has 0 atom stereocenters. The molecular weight excluding hydrogens is 572 g/mol. The van der Waals surface area contributed by atoms with E-state index in [-0.39, 0.29) is 11.7 Å². The molecule has 1 amide bonds. The minimum absolute atomic E-state index is 0.0922. The number of rotatable bonds is 8. The van der Waals surface area contributed by atoms with Crippen molar-refractivity contribution >= 4 is 62.9 Å². The number of aryl methyl sites for hydroxylation is 1. The fourth-order valence-corrected chi connectivity index (χ4v) is 6.82. The average Bonchev–Trinajstić information content (AvgIpc) is 3.64. The Balaban J connectivity index is 1.32. The van der Waals surface area contributed by atoms with Gasteiger partial charge in [-0.1, -0.05) is 65.8 Å². The van der Waals surface area contributed by atoms with Crippen molar-refractivity contribution < 1.29 is 14.3 Å². The van der Waals surface area contributed by atoms with Gasteiger partial charge in [-0.25, -0.2) is 4.79 Å². The minimum atomic E-state index is -0.526. The number of amides is 1. The van der Waals surface area contributed by atoms with Crippen LogP contribution in [0.3, 0.4) is 0 Å². The van der Waals surface area contributed by atoms with Crippen molar-refractivity contribution in [3.05, 3.63) is 80.8 Å². The van der Waals surface area contributed by atoms with Gasteiger partial charge in [0, 0.05) is 44.4 Å². The molecule has 0 unspecified atom stereocenters. The number of thiophene rings is 2. The van der Waals surface area contributed by atoms with Crippen LogP contribution in [0.2, 0.25) is 5.02 Å². The standard InChI is InChI=1S/C28H23ClN4O3S3/c1-16-23(18-7-5-4-6-8-18)21(14-37-16)25-31-32-28(33(25)2)39-15-22(34)30-26-24(27(35)36-3)20(13-38-26)17-9-11-19(29)12-10-17/h4-14H,15H2,1-3H3,(H,30,34). The Kier molecular flexibility index (Phi) is 8.18. The summed E-state index contributed by atoms with van der Waals surface area (Å²) in [6.07, 6.45) is 0. The second kappa shape index (κ2) is 11.7. The fourth-order valence-electron chi connectivity index (χ4n) is 4.15. The van der Waals surface area contributed by atoms with Crippen LogP contribution in [0.25, 0.3) is 33.6 Å². The third kappa shape index (κ3) is 5.65. The quantitative estimate of drug-likeness (QED) is 0.149. The Morgan fingerprint density at radius 3 is 2.44 bits per heavy atom. The summed E-state index contributed by atoms with van der Waals surface area (Å²) >= 11 is 10.2. The second-order valence-corrected chi connectivity index (χ2v) is 11.8. The Labute approximate surface area is 242 Å². The molecule has 11 heteroatoms. The highest BCUT2D eigenvalue weighted by molar-refractivity contribution is 7.99. The number of esters is 1. The maximum Gasteiger partial charge on any atom is 0.341 e. The zero-order valence-corrected chi connectivity index (χ0v) is 24.4. The molecule has 7 nitrogen and oxygen atoms in total. The van der Waals surface area contributed by atoms with Gasteiger partial charge < -0.3 is 14.6 Å². The Bertz CT molecular complexity index is 1640. The van der Waals surface area contributed by atoms with Crippen molar-refractivity contribution in [2.24, 2.45) is 7.05 Å². The number of nitrogens with one attached hydrogen (secondary N) is 1. The highest BCUT2D eigenvalue weighted by atomic mass is 35.5. The van der Waals surface area contributed by atoms with Crippen LogP contribution in [-0.4, -0.2) is 39.5 Å². The van der Waals surface area contributed by atoms with Crippen LogP contribution in [0.1, 0.15) is 15.2 Å². The predicted octanol–water partition coefficient (Wildman–Crippen LogP) is 7.42. The summed E-state index contributed by atoms with van der Waals surface area (Å²) < 4.78 is 6.90. The molecule has 0 aliphatic rings. The molecule has 0 spiro atoms. The number of methoxy groups -OCH3 is 1. The summed E-state index contributed by atoms with van der Waals surface area (Å²) in [7, 11) is 3.21. The lowest BCUT2D eigenvalue weighted by atomic mass is 10.0. The third-order valence-corrected chi connectivity index (χ3v) is 9.11. The SMILES string of the molecule is COC(=O)c1c(-c2ccc(Cl)cc2)csc1NC(=O)CSc1nnc(-c2csc(C)c2-c2ccccc2)n1C. The summed E-state index contributed by atoms with van der Waals surface area (Å²) in [5.74, 6) is 0.0347. The van der Waals surface area contributed by atoms with Gasteiger partial charge in [-0.3, -0.25) is 4.79 Å². The van der Waals surface area contributed by atoms with Crippen LogP contribution in [0.15, 0.2) is 70.5 Å². The van der Waals surface area contributed by atoms with Gasteiger partial charge in [0.1, 0.15) is 10.6 Å². The molecule has 0 aliphatic carbocycles. The number of benzene rings is 2. The van der Waals surface area contributed by atoms with Gasteiger partial charge in [-0.15, -0.1) is 32.9 Å². The number of halogens is 1. The lowest BCUT2D eigenvalue weighted by Crippen LogP contribution is -2.16. The van der Waals surface area contributed by atoms with Crippen molar-refractivity contribution in [3.63, 3.8) is 0 Å². The Hall–Kier alpha value is -3.44. The van der Waals surface area contributed by atoms with Gasteiger partial charge in [0.05, 0.1) is 12.9 Å². The summed E-state index contributed by atoms with van der Waals surface area (Å²) in [5.41, 5.74) is 5.05. The number of nitrogens with zero attached hydrogens (tertiary/aromatic N) is 3. The van der Waals surface area contributed by atoms with E-state index in [0.717, 1.165) is 28.1 Å². The van der Waals surface area contributed by atoms with Gasteiger partial charge in [0.25, 0.3) is 0 Å². The van der Waals surface area contributed by atoms with Gasteiger partial charge in [-0.2, -0.15) is 0 Å². The molecule has 0 aliphatic heterocycles. The maximum absolute atomic E-state index is 12.9. The molecule has 0 fully saturated rings. The molecule has 2 aromatic carbocycles. The lowest BCUT2D eigenvalue weighted by Gasteiger charge is -2.08. The number of carbonyl (C=O) groups excluding carboxylic acids is 2. The van der Waals surface area contributed by atoms with Crippen LogP contribution >= 0.6 is 46.0 Å². The average molecular weight is 595 g/mol. The first-order chi connectivity index (χ1) is 18.9. The van der Waals surface area contributed by atoms with E-state index in [4.69, 9.17) is 16.3 Å². The molecule has 198 valence electrons. The zero-order chi connectivity index (χ0) is 27.5. The van der Waals surface area contributed by atoms with Crippen LogP contribution in [0, 0.1) is 6.92 Å². The van der Waals surface area contributed by atoms with E-state index in [2.05, 4.69) is 40.0 Å². The molecule has 0 radical (unpaired) electrons. The molecule has 5 aromatic rings. The molecule has 0 bridgehead atoms. The van der Waals surface area contributed by atoms with E-state index in [1.54, 1.807) is 23.5 Å². The first-order valence-corrected chi connectivity index (χ1v) is 14.9. The third-order valence-electron chi connectivity index (χ3n) is 6.03. The van der Waals surface area contributed by atoms with Crippen molar-refractivity contribution in [1.82, 2.24) is 14.8 Å². The molecular formula is C28H23ClN4O3S3. The van der Waals surface area contributed by atoms with E-state index >= 15 is 0 Å². The highest BCUT2D eigenvalue weighted by Crippen LogP contribution is 2.39. The molecule has 3 heterocycles. The van der Waals surface area contributed by atoms with Crippen LogP contribution < -0.4 is 5.32 Å². The minimum Gasteiger partial charge on any atom is -0.465 e. The first kappa shape index (κ1) is 27.1. The van der Waals surface area contributed by atoms with E-state index in [1.165, 1.54) is 35.1 Å². The highest BCUT2D eigenvalue weighted by Gasteiger charge is 2.23. The molecule has 39 heavy (non-hydrogen) atoms. The van der Waals surface area contributed by atoms with E-state index in [1.807, 2.05) is 47.3 Å². The number of hydrogen-bond acceptors (Lipinski definition) is 8. The summed E-state index contributed by atoms with van der Waals surface area (Å²) in [5, 5.41) is 17.2. The van der Waals surface area contributed by atoms with E-state index in [0.29, 0.717) is 26.3 Å². The molecule has 0 saturated heterocycles. The molecule has 1 N–H and O–H groups in total. The van der Waals surface area contributed by atoms with Crippen molar-refractivity contribution in [2.75, 3.05) is 18.2 Å². The van der Waals surface area contributed by atoms with Crippen molar-refractivity contribution in [1.29, 1.82) is 0 Å². The maximum atomic E-state index is 12.9. The molecule has 0 saturated carbocycles. The summed E-state index contributed by atoms with van der Waals surface area (Å²) in [4.78, 5) is 26.7. The lowest BCUT2D eigenvalue weighted by molar-refractivity contribution is -0.113. The second-order valence-electron chi connectivity index (χ2n) is 8.50. The van der Waals surface area contributed by atoms with Gasteiger partial charge in [0.15, 0.2) is 11.0 Å². The van der Waals surface area contributed by atoms with Crippen molar-refractivity contribution in [3.8, 4) is 33.6 Å². The van der Waals surface area contributed by atoms with E-state index < -0.39 is 5.97 Å². The van der Waals surface area contributed by atoms with Crippen LogP contribution in [0.4, 0.5) is 5.00 Å². The van der Waals surface area contributed by atoms with E-state index in [9.17, 15) is 9.59 Å². The number of hydrogen-bond donors (Lipinski definition) is 1.